The summed E-state index contributed by atoms with van der Waals surface area (Å²) in [5.41, 5.74) is 6.26. The highest BCUT2D eigenvalue weighted by molar-refractivity contribution is 6.31. The Morgan fingerprint density at radius 3 is 1.93 bits per heavy atom. The lowest BCUT2D eigenvalue weighted by atomic mass is 10.2. The van der Waals surface area contributed by atoms with E-state index in [-0.39, 0.29) is 18.4 Å². The van der Waals surface area contributed by atoms with Crippen LogP contribution < -0.4 is 25.5 Å². The summed E-state index contributed by atoms with van der Waals surface area (Å²) in [5.74, 6) is 2.14. The molecule has 9 nitrogen and oxygen atoms in total. The highest BCUT2D eigenvalue weighted by Gasteiger charge is 2.09. The Hall–Kier alpha value is -4.86. The van der Waals surface area contributed by atoms with E-state index in [2.05, 4.69) is 36.1 Å². The first kappa shape index (κ1) is 29.1. The highest BCUT2D eigenvalue weighted by atomic mass is 35.5. The van der Waals surface area contributed by atoms with Gasteiger partial charge in [0.15, 0.2) is 11.5 Å². The second kappa shape index (κ2) is 14.5. The minimum absolute atomic E-state index is 0. The number of aromatic nitrogens is 3. The lowest BCUT2D eigenvalue weighted by Gasteiger charge is -2.12. The molecule has 0 fully saturated rings. The van der Waals surface area contributed by atoms with Gasteiger partial charge in [-0.05, 0) is 54.1 Å². The summed E-state index contributed by atoms with van der Waals surface area (Å²) in [5, 5.41) is 11.4. The van der Waals surface area contributed by atoms with Crippen molar-refractivity contribution >= 4 is 59.4 Å². The molecule has 1 aromatic heterocycles. The van der Waals surface area contributed by atoms with Gasteiger partial charge in [0.05, 0.1) is 13.3 Å². The molecule has 0 aliphatic heterocycles. The molecule has 0 saturated heterocycles. The minimum Gasteiger partial charge on any atom is -0.493 e. The van der Waals surface area contributed by atoms with Gasteiger partial charge in [-0.25, -0.2) is 5.43 Å². The summed E-state index contributed by atoms with van der Waals surface area (Å²) < 4.78 is 11.5. The first-order chi connectivity index (χ1) is 19.7. The second-order valence-corrected chi connectivity index (χ2v) is 8.86. The molecular formula is C30H27Cl2N7O2. The van der Waals surface area contributed by atoms with Crippen molar-refractivity contribution in [1.82, 2.24) is 15.0 Å². The van der Waals surface area contributed by atoms with Gasteiger partial charge in [-0.2, -0.15) is 20.1 Å². The maximum atomic E-state index is 6.24. The molecule has 0 bridgehead atoms. The molecule has 0 spiro atoms. The van der Waals surface area contributed by atoms with Crippen LogP contribution in [0.5, 0.6) is 11.5 Å². The van der Waals surface area contributed by atoms with E-state index in [0.29, 0.717) is 35.0 Å². The number of anilines is 5. The third-order valence-electron chi connectivity index (χ3n) is 5.60. The van der Waals surface area contributed by atoms with Gasteiger partial charge in [-0.3, -0.25) is 0 Å². The molecule has 0 aliphatic rings. The van der Waals surface area contributed by atoms with E-state index >= 15 is 0 Å². The molecule has 41 heavy (non-hydrogen) atoms. The van der Waals surface area contributed by atoms with E-state index < -0.39 is 0 Å². The molecule has 5 rings (SSSR count). The van der Waals surface area contributed by atoms with Gasteiger partial charge in [0.25, 0.3) is 0 Å². The molecule has 3 N–H and O–H groups in total. The van der Waals surface area contributed by atoms with Crippen LogP contribution in [0.2, 0.25) is 5.02 Å². The second-order valence-electron chi connectivity index (χ2n) is 8.45. The number of rotatable bonds is 11. The molecule has 0 aliphatic carbocycles. The molecule has 0 atom stereocenters. The summed E-state index contributed by atoms with van der Waals surface area (Å²) >= 11 is 6.24. The molecule has 0 amide bonds. The average molecular weight is 588 g/mol. The Bertz CT molecular complexity index is 1530. The number of methoxy groups -OCH3 is 1. The molecule has 11 heteroatoms. The van der Waals surface area contributed by atoms with Gasteiger partial charge >= 0.3 is 0 Å². The largest absolute Gasteiger partial charge is 0.493 e. The Morgan fingerprint density at radius 1 is 0.732 bits per heavy atom. The van der Waals surface area contributed by atoms with Crippen molar-refractivity contribution in [2.75, 3.05) is 23.2 Å². The molecule has 5 aromatic rings. The van der Waals surface area contributed by atoms with Crippen LogP contribution in [0.3, 0.4) is 0 Å². The summed E-state index contributed by atoms with van der Waals surface area (Å²) in [6, 6.07) is 32.4. The van der Waals surface area contributed by atoms with E-state index in [9.17, 15) is 0 Å². The summed E-state index contributed by atoms with van der Waals surface area (Å²) in [7, 11) is 1.59. The summed E-state index contributed by atoms with van der Waals surface area (Å²) in [6.07, 6.45) is 1.64. The van der Waals surface area contributed by atoms with Crippen molar-refractivity contribution in [3.05, 3.63) is 119 Å². The van der Waals surface area contributed by atoms with E-state index in [4.69, 9.17) is 21.1 Å². The quantitative estimate of drug-likeness (QED) is 0.108. The zero-order valence-corrected chi connectivity index (χ0v) is 23.6. The smallest absolute Gasteiger partial charge is 0.250 e. The molecule has 208 valence electrons. The van der Waals surface area contributed by atoms with Gasteiger partial charge in [0.1, 0.15) is 6.61 Å². The number of hydrogen-bond acceptors (Lipinski definition) is 9. The lowest BCUT2D eigenvalue weighted by molar-refractivity contribution is 0.284. The zero-order chi connectivity index (χ0) is 27.6. The third kappa shape index (κ3) is 8.31. The van der Waals surface area contributed by atoms with Crippen LogP contribution in [0.1, 0.15) is 11.1 Å². The summed E-state index contributed by atoms with van der Waals surface area (Å²) in [4.78, 5) is 13.4. The van der Waals surface area contributed by atoms with Gasteiger partial charge in [-0.1, -0.05) is 66.2 Å². The maximum absolute atomic E-state index is 6.24. The van der Waals surface area contributed by atoms with E-state index in [1.165, 1.54) is 0 Å². The lowest BCUT2D eigenvalue weighted by Crippen LogP contribution is -2.07. The predicted octanol–water partition coefficient (Wildman–Crippen LogP) is 7.47. The maximum Gasteiger partial charge on any atom is 0.250 e. The first-order valence-electron chi connectivity index (χ1n) is 12.4. The number of hydrazone groups is 1. The first-order valence-corrected chi connectivity index (χ1v) is 12.8. The van der Waals surface area contributed by atoms with Crippen molar-refractivity contribution in [3.8, 4) is 11.5 Å². The standard InChI is InChI=1S/C30H26ClN7O2.ClH/c1-39-27-18-21(16-17-26(27)40-20-22-10-8-9-15-25(22)31)19-32-38-30-36-28(33-23-11-4-2-5-12-23)35-29(37-30)34-24-13-6-3-7-14-24;/h2-19H,20H2,1H3,(H3,33,34,35,36,37,38);1H. The number of benzene rings is 4. The zero-order valence-electron chi connectivity index (χ0n) is 22.0. The van der Waals surface area contributed by atoms with Crippen molar-refractivity contribution in [1.29, 1.82) is 0 Å². The normalized spacial score (nSPS) is 10.5. The van der Waals surface area contributed by atoms with Crippen molar-refractivity contribution in [2.45, 2.75) is 6.61 Å². The Morgan fingerprint density at radius 2 is 1.32 bits per heavy atom. The molecule has 1 heterocycles. The van der Waals surface area contributed by atoms with Crippen LogP contribution in [0.4, 0.5) is 29.2 Å². The number of ether oxygens (including phenoxy) is 2. The number of para-hydroxylation sites is 2. The molecular weight excluding hydrogens is 561 g/mol. The Labute approximate surface area is 249 Å². The Kier molecular flexibility index (Phi) is 10.3. The van der Waals surface area contributed by atoms with Crippen LogP contribution in [-0.2, 0) is 6.61 Å². The van der Waals surface area contributed by atoms with Crippen LogP contribution in [0, 0.1) is 0 Å². The number of hydrogen-bond donors (Lipinski definition) is 3. The topological polar surface area (TPSA) is 106 Å². The van der Waals surface area contributed by atoms with E-state index in [1.54, 1.807) is 13.3 Å². The van der Waals surface area contributed by atoms with Crippen LogP contribution in [0.15, 0.2) is 108 Å². The fourth-order valence-electron chi connectivity index (χ4n) is 3.66. The van der Waals surface area contributed by atoms with E-state index in [1.807, 2.05) is 103 Å². The van der Waals surface area contributed by atoms with Crippen LogP contribution in [0.25, 0.3) is 0 Å². The van der Waals surface area contributed by atoms with Gasteiger partial charge in [-0.15, -0.1) is 12.4 Å². The predicted molar refractivity (Wildman–Crippen MR) is 167 cm³/mol. The number of nitrogens with zero attached hydrogens (tertiary/aromatic N) is 4. The molecule has 0 unspecified atom stereocenters. The van der Waals surface area contributed by atoms with Crippen molar-refractivity contribution in [3.63, 3.8) is 0 Å². The van der Waals surface area contributed by atoms with Crippen molar-refractivity contribution in [2.24, 2.45) is 5.10 Å². The monoisotopic (exact) mass is 587 g/mol. The SMILES string of the molecule is COc1cc(C=NNc2nc(Nc3ccccc3)nc(Nc3ccccc3)n2)ccc1OCc1ccccc1Cl.Cl. The average Bonchev–Trinajstić information content (AvgIpc) is 2.98. The molecule has 0 radical (unpaired) electrons. The van der Waals surface area contributed by atoms with Gasteiger partial charge < -0.3 is 20.1 Å². The fraction of sp³-hybridized carbons (Fsp3) is 0.0667. The molecule has 4 aromatic carbocycles. The Balaban J connectivity index is 0.00000387. The molecule has 0 saturated carbocycles. The summed E-state index contributed by atoms with van der Waals surface area (Å²) in [6.45, 7) is 0.323. The third-order valence-corrected chi connectivity index (χ3v) is 5.97. The van der Waals surface area contributed by atoms with E-state index in [0.717, 1.165) is 22.5 Å². The minimum atomic E-state index is 0. The van der Waals surface area contributed by atoms with Gasteiger partial charge in [0, 0.05) is 22.0 Å². The van der Waals surface area contributed by atoms with Gasteiger partial charge in [0.2, 0.25) is 17.8 Å². The number of halogens is 2. The van der Waals surface area contributed by atoms with Crippen LogP contribution in [-0.4, -0.2) is 28.3 Å². The fourth-order valence-corrected chi connectivity index (χ4v) is 3.85. The highest BCUT2D eigenvalue weighted by Crippen LogP contribution is 2.29. The van der Waals surface area contributed by atoms with Crippen LogP contribution >= 0.6 is 24.0 Å². The number of nitrogens with one attached hydrogen (secondary N) is 3. The van der Waals surface area contributed by atoms with Crippen molar-refractivity contribution < 1.29 is 9.47 Å².